The highest BCUT2D eigenvalue weighted by Crippen LogP contribution is 2.18. The average Bonchev–Trinajstić information content (AvgIpc) is 3.26. The Hall–Kier alpha value is -2.61. The molecule has 9 heteroatoms. The highest BCUT2D eigenvalue weighted by Gasteiger charge is 2.19. The maximum atomic E-state index is 13.0. The van der Waals surface area contributed by atoms with Crippen LogP contribution in [0.3, 0.4) is 0 Å². The summed E-state index contributed by atoms with van der Waals surface area (Å²) in [5.41, 5.74) is 2.20. The summed E-state index contributed by atoms with van der Waals surface area (Å²) in [5, 5.41) is 6.22. The van der Waals surface area contributed by atoms with Crippen molar-refractivity contribution in [2.45, 2.75) is 26.3 Å². The minimum absolute atomic E-state index is 0. The zero-order chi connectivity index (χ0) is 20.2. The number of carbonyl (C=O) groups is 1. The van der Waals surface area contributed by atoms with Crippen LogP contribution >= 0.6 is 24.8 Å². The summed E-state index contributed by atoms with van der Waals surface area (Å²) in [7, 11) is 0. The van der Waals surface area contributed by atoms with Crippen molar-refractivity contribution in [1.29, 1.82) is 0 Å². The van der Waals surface area contributed by atoms with E-state index in [-0.39, 0.29) is 41.8 Å². The first-order chi connectivity index (χ1) is 14.1. The predicted octanol–water partition coefficient (Wildman–Crippen LogP) is 3.64. The second-order valence-electron chi connectivity index (χ2n) is 7.51. The molecule has 3 heterocycles. The summed E-state index contributed by atoms with van der Waals surface area (Å²) in [5.74, 6) is 0.797. The Bertz CT molecular complexity index is 1040. The van der Waals surface area contributed by atoms with Gasteiger partial charge >= 0.3 is 0 Å². The number of nitrogens with zero attached hydrogens (tertiary/aromatic N) is 2. The Morgan fingerprint density at radius 3 is 2.65 bits per heavy atom. The number of aromatic nitrogens is 3. The molecule has 3 aromatic rings. The maximum Gasteiger partial charge on any atom is 0.263 e. The van der Waals surface area contributed by atoms with Crippen LogP contribution in [0.2, 0.25) is 0 Å². The topological polar surface area (TPSA) is 91.8 Å². The van der Waals surface area contributed by atoms with Crippen LogP contribution in [-0.2, 0) is 6.54 Å². The molecule has 4 rings (SSSR count). The number of hydrogen-bond acceptors (Lipinski definition) is 4. The first kappa shape index (κ1) is 24.7. The molecular weight excluding hydrogens is 437 g/mol. The van der Waals surface area contributed by atoms with Gasteiger partial charge in [0.05, 0.1) is 0 Å². The Kier molecular flexibility index (Phi) is 8.86. The summed E-state index contributed by atoms with van der Waals surface area (Å²) in [4.78, 5) is 33.1. The monoisotopic (exact) mass is 463 g/mol. The van der Waals surface area contributed by atoms with E-state index in [1.165, 1.54) is 0 Å². The van der Waals surface area contributed by atoms with Gasteiger partial charge in [-0.1, -0.05) is 0 Å². The van der Waals surface area contributed by atoms with E-state index in [0.717, 1.165) is 37.3 Å². The number of benzene rings is 1. The van der Waals surface area contributed by atoms with Crippen LogP contribution in [0.15, 0.2) is 53.7 Å². The van der Waals surface area contributed by atoms with E-state index in [1.54, 1.807) is 42.2 Å². The summed E-state index contributed by atoms with van der Waals surface area (Å²) >= 11 is 0. The van der Waals surface area contributed by atoms with Crippen LogP contribution in [0.5, 0.6) is 0 Å². The van der Waals surface area contributed by atoms with Crippen molar-refractivity contribution in [3.8, 4) is 11.4 Å². The maximum absolute atomic E-state index is 13.0. The van der Waals surface area contributed by atoms with Crippen molar-refractivity contribution < 1.29 is 4.79 Å². The van der Waals surface area contributed by atoms with Crippen LogP contribution in [0, 0.1) is 12.8 Å². The molecular formula is C22H27Cl2N5O2. The van der Waals surface area contributed by atoms with Gasteiger partial charge in [-0.3, -0.25) is 9.59 Å². The number of imidazole rings is 1. The van der Waals surface area contributed by atoms with Gasteiger partial charge in [0.15, 0.2) is 0 Å². The molecule has 0 spiro atoms. The van der Waals surface area contributed by atoms with Crippen molar-refractivity contribution in [2.24, 2.45) is 5.92 Å². The molecule has 3 N–H and O–H groups in total. The van der Waals surface area contributed by atoms with Gasteiger partial charge in [0.25, 0.3) is 11.5 Å². The molecule has 1 amide bonds. The molecule has 0 saturated carbocycles. The molecule has 0 radical (unpaired) electrons. The molecule has 0 aliphatic carbocycles. The second kappa shape index (κ2) is 11.1. The van der Waals surface area contributed by atoms with Gasteiger partial charge in [-0.05, 0) is 74.7 Å². The van der Waals surface area contributed by atoms with Crippen LogP contribution in [0.4, 0.5) is 5.69 Å². The Morgan fingerprint density at radius 1 is 1.23 bits per heavy atom. The van der Waals surface area contributed by atoms with E-state index in [0.29, 0.717) is 23.7 Å². The molecule has 1 aliphatic heterocycles. The summed E-state index contributed by atoms with van der Waals surface area (Å²) in [6.07, 6.45) is 7.46. The molecule has 0 bridgehead atoms. The van der Waals surface area contributed by atoms with E-state index in [4.69, 9.17) is 0 Å². The number of H-pyrrole nitrogens is 1. The highest BCUT2D eigenvalue weighted by atomic mass is 35.5. The number of piperidine rings is 1. The van der Waals surface area contributed by atoms with Crippen LogP contribution in [-0.4, -0.2) is 33.5 Å². The number of anilines is 1. The third-order valence-electron chi connectivity index (χ3n) is 5.37. The summed E-state index contributed by atoms with van der Waals surface area (Å²) in [6, 6.07) is 9.20. The Balaban J connectivity index is 0.00000171. The van der Waals surface area contributed by atoms with E-state index in [2.05, 4.69) is 20.6 Å². The van der Waals surface area contributed by atoms with E-state index in [1.807, 2.05) is 18.2 Å². The second-order valence-corrected chi connectivity index (χ2v) is 7.51. The number of carbonyl (C=O) groups excluding carboxylic acids is 1. The Labute approximate surface area is 193 Å². The van der Waals surface area contributed by atoms with Crippen LogP contribution in [0.1, 0.15) is 28.8 Å². The normalized spacial score (nSPS) is 15.5. The van der Waals surface area contributed by atoms with Gasteiger partial charge in [-0.2, -0.15) is 0 Å². The zero-order valence-electron chi connectivity index (χ0n) is 17.3. The third kappa shape index (κ3) is 5.76. The molecule has 2 aromatic heterocycles. The van der Waals surface area contributed by atoms with Gasteiger partial charge in [-0.15, -0.1) is 24.8 Å². The number of amides is 1. The first-order valence-corrected chi connectivity index (χ1v) is 9.94. The SMILES string of the molecule is Cc1ccn(CC2CCCNC2)c(=O)c1C(=O)Nc1ccc(-c2ncc[nH]2)cc1.Cl.Cl. The van der Waals surface area contributed by atoms with Crippen molar-refractivity contribution in [2.75, 3.05) is 18.4 Å². The molecule has 1 atom stereocenters. The molecule has 1 aliphatic rings. The van der Waals surface area contributed by atoms with Gasteiger partial charge in [0.1, 0.15) is 11.4 Å². The zero-order valence-corrected chi connectivity index (χ0v) is 18.9. The largest absolute Gasteiger partial charge is 0.345 e. The highest BCUT2D eigenvalue weighted by molar-refractivity contribution is 6.05. The van der Waals surface area contributed by atoms with Gasteiger partial charge in [0, 0.05) is 36.4 Å². The minimum atomic E-state index is -0.380. The standard InChI is InChI=1S/C22H25N5O2.2ClH/c1-15-8-12-27(14-16-3-2-9-23-13-16)22(29)19(15)21(28)26-18-6-4-17(5-7-18)20-24-10-11-25-20;;/h4-8,10-12,16,23H,2-3,9,13-14H2,1H3,(H,24,25)(H,26,28);2*1H. The predicted molar refractivity (Wildman–Crippen MR) is 128 cm³/mol. The molecule has 166 valence electrons. The van der Waals surface area contributed by atoms with Crippen molar-refractivity contribution in [1.82, 2.24) is 19.9 Å². The van der Waals surface area contributed by atoms with E-state index in [9.17, 15) is 9.59 Å². The summed E-state index contributed by atoms with van der Waals surface area (Å²) in [6.45, 7) is 4.36. The van der Waals surface area contributed by atoms with Crippen molar-refractivity contribution in [3.05, 3.63) is 70.4 Å². The lowest BCUT2D eigenvalue weighted by atomic mass is 9.99. The fourth-order valence-electron chi connectivity index (χ4n) is 3.77. The lowest BCUT2D eigenvalue weighted by molar-refractivity contribution is 0.102. The average molecular weight is 464 g/mol. The lowest BCUT2D eigenvalue weighted by Crippen LogP contribution is -2.36. The number of aryl methyl sites for hydroxylation is 1. The van der Waals surface area contributed by atoms with Crippen molar-refractivity contribution >= 4 is 36.4 Å². The minimum Gasteiger partial charge on any atom is -0.345 e. The number of aromatic amines is 1. The number of hydrogen-bond donors (Lipinski definition) is 3. The number of nitrogens with one attached hydrogen (secondary N) is 3. The fraction of sp³-hybridized carbons (Fsp3) is 0.318. The molecule has 1 aromatic carbocycles. The number of halogens is 2. The van der Waals surface area contributed by atoms with Gasteiger partial charge in [-0.25, -0.2) is 4.98 Å². The molecule has 1 unspecified atom stereocenters. The van der Waals surface area contributed by atoms with Gasteiger partial charge in [0.2, 0.25) is 0 Å². The molecule has 7 nitrogen and oxygen atoms in total. The molecule has 1 fully saturated rings. The summed E-state index contributed by atoms with van der Waals surface area (Å²) < 4.78 is 1.67. The van der Waals surface area contributed by atoms with Crippen LogP contribution < -0.4 is 16.2 Å². The Morgan fingerprint density at radius 2 is 2.00 bits per heavy atom. The van der Waals surface area contributed by atoms with E-state index < -0.39 is 0 Å². The third-order valence-corrected chi connectivity index (χ3v) is 5.37. The van der Waals surface area contributed by atoms with E-state index >= 15 is 0 Å². The van der Waals surface area contributed by atoms with Crippen LogP contribution in [0.25, 0.3) is 11.4 Å². The fourth-order valence-corrected chi connectivity index (χ4v) is 3.77. The smallest absolute Gasteiger partial charge is 0.263 e. The lowest BCUT2D eigenvalue weighted by Gasteiger charge is -2.23. The quantitative estimate of drug-likeness (QED) is 0.538. The number of pyridine rings is 1. The first-order valence-electron chi connectivity index (χ1n) is 9.94. The molecule has 1 saturated heterocycles. The number of rotatable bonds is 5. The molecule has 31 heavy (non-hydrogen) atoms. The van der Waals surface area contributed by atoms with Crippen molar-refractivity contribution in [3.63, 3.8) is 0 Å². The van der Waals surface area contributed by atoms with Gasteiger partial charge < -0.3 is 20.2 Å².